The molecule has 3 N–H and O–H groups in total. The summed E-state index contributed by atoms with van der Waals surface area (Å²) in [4.78, 5) is 11.6. The highest BCUT2D eigenvalue weighted by Gasteiger charge is 2.05. The fraction of sp³-hybridized carbons (Fsp3) is 0.417. The van der Waals surface area contributed by atoms with E-state index in [0.717, 1.165) is 19.4 Å². The van der Waals surface area contributed by atoms with E-state index < -0.39 is 0 Å². The number of anilines is 2. The third-order valence-corrected chi connectivity index (χ3v) is 2.14. The SMILES string of the molecule is C=N/C=C/COc1cnc(N)nc1NCCCC. The van der Waals surface area contributed by atoms with Crippen LogP contribution in [0.4, 0.5) is 11.8 Å². The van der Waals surface area contributed by atoms with Crippen LogP contribution in [-0.2, 0) is 0 Å². The highest BCUT2D eigenvalue weighted by atomic mass is 16.5. The fourth-order valence-electron chi connectivity index (χ4n) is 1.26. The summed E-state index contributed by atoms with van der Waals surface area (Å²) in [6.07, 6.45) is 7.05. The number of ether oxygens (including phenoxy) is 1. The van der Waals surface area contributed by atoms with Crippen LogP contribution in [0.1, 0.15) is 19.8 Å². The Morgan fingerprint density at radius 2 is 2.44 bits per heavy atom. The minimum atomic E-state index is 0.227. The van der Waals surface area contributed by atoms with Gasteiger partial charge in [-0.3, -0.25) is 4.99 Å². The van der Waals surface area contributed by atoms with E-state index in [0.29, 0.717) is 18.2 Å². The Morgan fingerprint density at radius 3 is 3.17 bits per heavy atom. The predicted octanol–water partition coefficient (Wildman–Crippen LogP) is 1.86. The van der Waals surface area contributed by atoms with E-state index in [2.05, 4.69) is 33.9 Å². The Morgan fingerprint density at radius 1 is 1.61 bits per heavy atom. The number of hydrogen-bond acceptors (Lipinski definition) is 6. The first-order valence-electron chi connectivity index (χ1n) is 5.88. The van der Waals surface area contributed by atoms with Gasteiger partial charge in [-0.2, -0.15) is 4.98 Å². The lowest BCUT2D eigenvalue weighted by atomic mass is 10.3. The number of aromatic nitrogens is 2. The maximum Gasteiger partial charge on any atom is 0.222 e. The number of hydrogen-bond donors (Lipinski definition) is 2. The Labute approximate surface area is 107 Å². The van der Waals surface area contributed by atoms with E-state index in [9.17, 15) is 0 Å². The quantitative estimate of drug-likeness (QED) is 0.542. The highest BCUT2D eigenvalue weighted by molar-refractivity contribution is 5.51. The lowest BCUT2D eigenvalue weighted by molar-refractivity contribution is 0.361. The highest BCUT2D eigenvalue weighted by Crippen LogP contribution is 2.21. The summed E-state index contributed by atoms with van der Waals surface area (Å²) in [7, 11) is 0. The molecule has 18 heavy (non-hydrogen) atoms. The Balaban J connectivity index is 2.63. The number of nitrogens with zero attached hydrogens (tertiary/aromatic N) is 3. The van der Waals surface area contributed by atoms with Gasteiger partial charge in [-0.1, -0.05) is 13.3 Å². The zero-order valence-electron chi connectivity index (χ0n) is 10.6. The van der Waals surface area contributed by atoms with E-state index in [1.807, 2.05) is 0 Å². The molecule has 1 aromatic rings. The van der Waals surface area contributed by atoms with Gasteiger partial charge >= 0.3 is 0 Å². The molecule has 0 aliphatic carbocycles. The van der Waals surface area contributed by atoms with Gasteiger partial charge in [0.2, 0.25) is 5.95 Å². The Hall–Kier alpha value is -2.11. The molecule has 0 saturated heterocycles. The minimum Gasteiger partial charge on any atom is -0.484 e. The van der Waals surface area contributed by atoms with Gasteiger partial charge in [0.1, 0.15) is 6.61 Å². The largest absolute Gasteiger partial charge is 0.484 e. The molecular weight excluding hydrogens is 230 g/mol. The summed E-state index contributed by atoms with van der Waals surface area (Å²) < 4.78 is 5.51. The predicted molar refractivity (Wildman–Crippen MR) is 74.0 cm³/mol. The third kappa shape index (κ3) is 4.82. The standard InChI is InChI=1S/C12H19N5O/c1-3-4-7-15-11-10(9-16-12(13)17-11)18-8-5-6-14-2/h5-6,9H,2-4,7-8H2,1H3,(H3,13,15,16,17)/b6-5+. The van der Waals surface area contributed by atoms with Crippen LogP contribution in [0.25, 0.3) is 0 Å². The van der Waals surface area contributed by atoms with Crippen molar-refractivity contribution in [2.45, 2.75) is 19.8 Å². The number of rotatable bonds is 8. The molecule has 1 heterocycles. The molecule has 0 unspecified atom stereocenters. The van der Waals surface area contributed by atoms with Crippen LogP contribution < -0.4 is 15.8 Å². The number of nitrogens with two attached hydrogens (primary N) is 1. The summed E-state index contributed by atoms with van der Waals surface area (Å²) in [6.45, 7) is 6.67. The van der Waals surface area contributed by atoms with Crippen molar-refractivity contribution in [1.82, 2.24) is 9.97 Å². The molecule has 6 nitrogen and oxygen atoms in total. The molecule has 1 rings (SSSR count). The first-order chi connectivity index (χ1) is 8.77. The van der Waals surface area contributed by atoms with Gasteiger partial charge in [0, 0.05) is 12.7 Å². The second-order valence-corrected chi connectivity index (χ2v) is 3.60. The van der Waals surface area contributed by atoms with E-state index in [1.165, 1.54) is 0 Å². The van der Waals surface area contributed by atoms with Crippen molar-refractivity contribution < 1.29 is 4.74 Å². The number of aliphatic imine (C=N–C) groups is 1. The maximum absolute atomic E-state index is 5.55. The van der Waals surface area contributed by atoms with Crippen molar-refractivity contribution in [2.24, 2.45) is 4.99 Å². The smallest absolute Gasteiger partial charge is 0.222 e. The van der Waals surface area contributed by atoms with Gasteiger partial charge in [0.25, 0.3) is 0 Å². The number of nitrogen functional groups attached to an aromatic ring is 1. The molecule has 0 aliphatic heterocycles. The monoisotopic (exact) mass is 249 g/mol. The molecule has 98 valence electrons. The van der Waals surface area contributed by atoms with Gasteiger partial charge in [-0.25, -0.2) is 4.98 Å². The molecule has 0 spiro atoms. The topological polar surface area (TPSA) is 85.4 Å². The summed E-state index contributed by atoms with van der Waals surface area (Å²) in [6, 6.07) is 0. The minimum absolute atomic E-state index is 0.227. The molecule has 0 aromatic carbocycles. The molecule has 6 heteroatoms. The van der Waals surface area contributed by atoms with Crippen LogP contribution in [0.3, 0.4) is 0 Å². The lowest BCUT2D eigenvalue weighted by Gasteiger charge is -2.10. The summed E-state index contributed by atoms with van der Waals surface area (Å²) in [5.74, 6) is 1.43. The molecule has 0 radical (unpaired) electrons. The summed E-state index contributed by atoms with van der Waals surface area (Å²) >= 11 is 0. The maximum atomic E-state index is 5.55. The molecule has 0 bridgehead atoms. The first-order valence-corrected chi connectivity index (χ1v) is 5.88. The van der Waals surface area contributed by atoms with Crippen molar-refractivity contribution >= 4 is 18.5 Å². The van der Waals surface area contributed by atoms with Crippen LogP contribution in [0.2, 0.25) is 0 Å². The van der Waals surface area contributed by atoms with Crippen LogP contribution in [0.15, 0.2) is 23.5 Å². The van der Waals surface area contributed by atoms with Crippen LogP contribution >= 0.6 is 0 Å². The molecule has 0 atom stereocenters. The number of unbranched alkanes of at least 4 members (excludes halogenated alkanes) is 1. The molecular formula is C12H19N5O. The summed E-state index contributed by atoms with van der Waals surface area (Å²) in [5, 5.41) is 3.18. The van der Waals surface area contributed by atoms with Gasteiger partial charge in [0.15, 0.2) is 11.6 Å². The van der Waals surface area contributed by atoms with E-state index in [-0.39, 0.29) is 5.95 Å². The van der Waals surface area contributed by atoms with Crippen LogP contribution in [0, 0.1) is 0 Å². The van der Waals surface area contributed by atoms with Crippen LogP contribution in [0.5, 0.6) is 5.75 Å². The van der Waals surface area contributed by atoms with E-state index in [4.69, 9.17) is 10.5 Å². The Kier molecular flexibility index (Phi) is 6.24. The molecule has 0 amide bonds. The first kappa shape index (κ1) is 14.0. The fourth-order valence-corrected chi connectivity index (χ4v) is 1.26. The van der Waals surface area contributed by atoms with Gasteiger partial charge in [-0.15, -0.1) is 0 Å². The third-order valence-electron chi connectivity index (χ3n) is 2.14. The average molecular weight is 249 g/mol. The van der Waals surface area contributed by atoms with Crippen molar-refractivity contribution in [1.29, 1.82) is 0 Å². The van der Waals surface area contributed by atoms with E-state index >= 15 is 0 Å². The number of nitrogens with one attached hydrogen (secondary N) is 1. The zero-order valence-corrected chi connectivity index (χ0v) is 10.6. The van der Waals surface area contributed by atoms with Gasteiger partial charge < -0.3 is 15.8 Å². The lowest BCUT2D eigenvalue weighted by Crippen LogP contribution is -2.08. The van der Waals surface area contributed by atoms with Crippen molar-refractivity contribution in [3.8, 4) is 5.75 Å². The van der Waals surface area contributed by atoms with E-state index in [1.54, 1.807) is 18.5 Å². The molecule has 1 aromatic heterocycles. The second-order valence-electron chi connectivity index (χ2n) is 3.60. The van der Waals surface area contributed by atoms with Crippen molar-refractivity contribution in [2.75, 3.05) is 24.2 Å². The van der Waals surface area contributed by atoms with Gasteiger partial charge in [0.05, 0.1) is 6.20 Å². The van der Waals surface area contributed by atoms with Crippen molar-refractivity contribution in [3.05, 3.63) is 18.5 Å². The van der Waals surface area contributed by atoms with Crippen molar-refractivity contribution in [3.63, 3.8) is 0 Å². The normalized spacial score (nSPS) is 10.5. The van der Waals surface area contributed by atoms with Gasteiger partial charge in [-0.05, 0) is 19.2 Å². The average Bonchev–Trinajstić information content (AvgIpc) is 2.37. The molecule has 0 aliphatic rings. The zero-order chi connectivity index (χ0) is 13.2. The second kappa shape index (κ2) is 8.05. The molecule has 0 saturated carbocycles. The summed E-state index contributed by atoms with van der Waals surface area (Å²) in [5.41, 5.74) is 5.55. The Bertz CT molecular complexity index is 405. The molecule has 0 fully saturated rings. The van der Waals surface area contributed by atoms with Crippen LogP contribution in [-0.4, -0.2) is 29.8 Å².